The number of aromatic carboxylic acids is 1. The van der Waals surface area contributed by atoms with Crippen LogP contribution in [0.1, 0.15) is 47.5 Å². The summed E-state index contributed by atoms with van der Waals surface area (Å²) in [5.74, 6) is 1.43. The van der Waals surface area contributed by atoms with Gasteiger partial charge < -0.3 is 15.3 Å². The maximum absolute atomic E-state index is 10.9. The van der Waals surface area contributed by atoms with Crippen molar-refractivity contribution < 1.29 is 9.90 Å². The van der Waals surface area contributed by atoms with Crippen LogP contribution in [0.15, 0.2) is 48.7 Å². The van der Waals surface area contributed by atoms with E-state index in [-0.39, 0.29) is 5.56 Å². The van der Waals surface area contributed by atoms with Crippen LogP contribution >= 0.6 is 0 Å². The number of nitrogens with zero attached hydrogens (tertiary/aromatic N) is 2. The van der Waals surface area contributed by atoms with Crippen LogP contribution in [0.2, 0.25) is 0 Å². The molecule has 0 bridgehead atoms. The highest BCUT2D eigenvalue weighted by Gasteiger charge is 2.37. The summed E-state index contributed by atoms with van der Waals surface area (Å²) in [6, 6.07) is 14.9. The minimum absolute atomic E-state index is 0.244. The van der Waals surface area contributed by atoms with Crippen LogP contribution in [0.4, 0.5) is 5.82 Å². The van der Waals surface area contributed by atoms with Gasteiger partial charge in [0.05, 0.1) is 5.56 Å². The number of anilines is 1. The third-order valence-electron chi connectivity index (χ3n) is 5.91. The van der Waals surface area contributed by atoms with Crippen molar-refractivity contribution in [1.29, 1.82) is 0 Å². The quantitative estimate of drug-likeness (QED) is 0.786. The zero-order valence-corrected chi connectivity index (χ0v) is 15.6. The molecule has 0 radical (unpaired) electrons. The topological polar surface area (TPSA) is 65.5 Å². The molecule has 1 saturated heterocycles. The van der Waals surface area contributed by atoms with Crippen LogP contribution in [-0.4, -0.2) is 41.7 Å². The van der Waals surface area contributed by atoms with Crippen molar-refractivity contribution in [1.82, 2.24) is 10.3 Å². The first-order chi connectivity index (χ1) is 13.2. The maximum Gasteiger partial charge on any atom is 0.337 e. The summed E-state index contributed by atoms with van der Waals surface area (Å²) in [7, 11) is 0. The SMILES string of the molecule is O=C(O)c1ccc(N2CCC(CCNC3CC3c3ccccc3)CC2)nc1. The van der Waals surface area contributed by atoms with Gasteiger partial charge in [0.1, 0.15) is 5.82 Å². The number of hydrogen-bond acceptors (Lipinski definition) is 4. The van der Waals surface area contributed by atoms with Crippen molar-refractivity contribution in [3.8, 4) is 0 Å². The second kappa shape index (κ2) is 8.09. The van der Waals surface area contributed by atoms with E-state index < -0.39 is 5.97 Å². The summed E-state index contributed by atoms with van der Waals surface area (Å²) in [6.45, 7) is 3.10. The van der Waals surface area contributed by atoms with Gasteiger partial charge in [0.2, 0.25) is 0 Å². The molecule has 5 heteroatoms. The van der Waals surface area contributed by atoms with Gasteiger partial charge in [-0.25, -0.2) is 9.78 Å². The molecule has 5 nitrogen and oxygen atoms in total. The summed E-state index contributed by atoms with van der Waals surface area (Å²) >= 11 is 0. The molecule has 2 N–H and O–H groups in total. The average Bonchev–Trinajstić information content (AvgIpc) is 3.49. The Hall–Kier alpha value is -2.40. The first kappa shape index (κ1) is 18.0. The molecule has 4 rings (SSSR count). The van der Waals surface area contributed by atoms with Crippen LogP contribution in [0.25, 0.3) is 0 Å². The van der Waals surface area contributed by atoms with E-state index in [1.807, 2.05) is 6.07 Å². The van der Waals surface area contributed by atoms with E-state index in [1.54, 1.807) is 6.07 Å². The highest BCUT2D eigenvalue weighted by atomic mass is 16.4. The van der Waals surface area contributed by atoms with E-state index in [2.05, 4.69) is 45.5 Å². The lowest BCUT2D eigenvalue weighted by atomic mass is 9.93. The summed E-state index contributed by atoms with van der Waals surface area (Å²) < 4.78 is 0. The zero-order valence-electron chi connectivity index (χ0n) is 15.6. The van der Waals surface area contributed by atoms with Gasteiger partial charge in [-0.1, -0.05) is 30.3 Å². The molecule has 2 aromatic rings. The highest BCUT2D eigenvalue weighted by Crippen LogP contribution is 2.40. The number of piperidine rings is 1. The van der Waals surface area contributed by atoms with Crippen LogP contribution in [-0.2, 0) is 0 Å². The van der Waals surface area contributed by atoms with Crippen LogP contribution in [0, 0.1) is 5.92 Å². The molecule has 2 heterocycles. The van der Waals surface area contributed by atoms with Gasteiger partial charge >= 0.3 is 5.97 Å². The molecule has 1 saturated carbocycles. The Labute approximate surface area is 160 Å². The van der Waals surface area contributed by atoms with Crippen molar-refractivity contribution in [2.45, 2.75) is 37.6 Å². The maximum atomic E-state index is 10.9. The lowest BCUT2D eigenvalue weighted by Gasteiger charge is -2.33. The Balaban J connectivity index is 1.16. The molecule has 1 aliphatic heterocycles. The van der Waals surface area contributed by atoms with E-state index in [1.165, 1.54) is 37.4 Å². The van der Waals surface area contributed by atoms with Crippen molar-refractivity contribution >= 4 is 11.8 Å². The first-order valence-electron chi connectivity index (χ1n) is 9.93. The molecule has 2 aliphatic rings. The van der Waals surface area contributed by atoms with Gasteiger partial charge in [0.25, 0.3) is 0 Å². The van der Waals surface area contributed by atoms with Gasteiger partial charge in [0, 0.05) is 31.2 Å². The van der Waals surface area contributed by atoms with Crippen molar-refractivity contribution in [2.75, 3.05) is 24.5 Å². The second-order valence-corrected chi connectivity index (χ2v) is 7.74. The summed E-state index contributed by atoms with van der Waals surface area (Å²) in [5, 5.41) is 12.7. The molecular formula is C22H27N3O2. The number of hydrogen-bond donors (Lipinski definition) is 2. The van der Waals surface area contributed by atoms with Crippen molar-refractivity contribution in [3.63, 3.8) is 0 Å². The fourth-order valence-corrected chi connectivity index (χ4v) is 4.11. The van der Waals surface area contributed by atoms with Gasteiger partial charge in [0.15, 0.2) is 0 Å². The number of nitrogens with one attached hydrogen (secondary N) is 1. The molecule has 27 heavy (non-hydrogen) atoms. The Morgan fingerprint density at radius 1 is 1.15 bits per heavy atom. The molecule has 142 valence electrons. The number of aromatic nitrogens is 1. The smallest absolute Gasteiger partial charge is 0.337 e. The lowest BCUT2D eigenvalue weighted by molar-refractivity contribution is 0.0696. The largest absolute Gasteiger partial charge is 0.478 e. The van der Waals surface area contributed by atoms with E-state index in [9.17, 15) is 4.79 Å². The molecule has 1 aromatic carbocycles. The molecule has 2 unspecified atom stereocenters. The Bertz CT molecular complexity index is 755. The number of carbonyl (C=O) groups is 1. The molecule has 1 aromatic heterocycles. The first-order valence-corrected chi connectivity index (χ1v) is 9.93. The van der Waals surface area contributed by atoms with Gasteiger partial charge in [-0.05, 0) is 55.8 Å². The third kappa shape index (κ3) is 4.48. The minimum Gasteiger partial charge on any atom is -0.478 e. The molecular weight excluding hydrogens is 338 g/mol. The summed E-state index contributed by atoms with van der Waals surface area (Å²) in [5.41, 5.74) is 1.71. The predicted octanol–water partition coefficient (Wildman–Crippen LogP) is 3.53. The predicted molar refractivity (Wildman–Crippen MR) is 106 cm³/mol. The summed E-state index contributed by atoms with van der Waals surface area (Å²) in [4.78, 5) is 17.5. The molecule has 0 spiro atoms. The number of carboxylic acid groups (broad SMARTS) is 1. The monoisotopic (exact) mass is 365 g/mol. The van der Waals surface area contributed by atoms with Gasteiger partial charge in [-0.3, -0.25) is 0 Å². The standard InChI is InChI=1S/C22H27N3O2/c26-22(27)18-6-7-21(24-15-18)25-12-9-16(10-13-25)8-11-23-20-14-19(20)17-4-2-1-3-5-17/h1-7,15-16,19-20,23H,8-14H2,(H,26,27). The number of pyridine rings is 1. The molecule has 0 amide bonds. The van der Waals surface area contributed by atoms with Crippen LogP contribution < -0.4 is 10.2 Å². The summed E-state index contributed by atoms with van der Waals surface area (Å²) in [6.07, 6.45) is 6.30. The average molecular weight is 365 g/mol. The molecule has 2 fully saturated rings. The fourth-order valence-electron chi connectivity index (χ4n) is 4.11. The minimum atomic E-state index is -0.926. The van der Waals surface area contributed by atoms with E-state index in [4.69, 9.17) is 5.11 Å². The number of rotatable bonds is 7. The van der Waals surface area contributed by atoms with Gasteiger partial charge in [-0.15, -0.1) is 0 Å². The highest BCUT2D eigenvalue weighted by molar-refractivity contribution is 5.87. The van der Waals surface area contributed by atoms with Crippen LogP contribution in [0.5, 0.6) is 0 Å². The number of carboxylic acids is 1. The Morgan fingerprint density at radius 2 is 1.93 bits per heavy atom. The normalized spacial score (nSPS) is 22.6. The Morgan fingerprint density at radius 3 is 2.59 bits per heavy atom. The zero-order chi connectivity index (χ0) is 18.6. The second-order valence-electron chi connectivity index (χ2n) is 7.74. The Kier molecular flexibility index (Phi) is 5.39. The fraction of sp³-hybridized carbons (Fsp3) is 0.455. The lowest BCUT2D eigenvalue weighted by Crippen LogP contribution is -2.35. The van der Waals surface area contributed by atoms with E-state index in [0.717, 1.165) is 31.4 Å². The molecule has 1 aliphatic carbocycles. The number of benzene rings is 1. The van der Waals surface area contributed by atoms with Crippen LogP contribution in [0.3, 0.4) is 0 Å². The van der Waals surface area contributed by atoms with Crippen molar-refractivity contribution in [2.24, 2.45) is 5.92 Å². The van der Waals surface area contributed by atoms with E-state index in [0.29, 0.717) is 12.0 Å². The third-order valence-corrected chi connectivity index (χ3v) is 5.91. The van der Waals surface area contributed by atoms with Crippen molar-refractivity contribution in [3.05, 3.63) is 59.8 Å². The van der Waals surface area contributed by atoms with E-state index >= 15 is 0 Å². The molecule has 2 atom stereocenters. The van der Waals surface area contributed by atoms with Gasteiger partial charge in [-0.2, -0.15) is 0 Å².